The molecule has 0 fully saturated rings. The first-order valence-electron chi connectivity index (χ1n) is 8.72. The van der Waals surface area contributed by atoms with Crippen LogP contribution in [0.3, 0.4) is 0 Å². The molecule has 0 radical (unpaired) electrons. The fraction of sp³-hybridized carbons (Fsp3) is 0.150. The normalized spacial score (nSPS) is 10.3. The maximum atomic E-state index is 12.2. The Balaban J connectivity index is 1.82. The van der Waals surface area contributed by atoms with Gasteiger partial charge in [0.05, 0.1) is 4.92 Å². The number of nitrogens with one attached hydrogen (secondary N) is 2. The van der Waals surface area contributed by atoms with Crippen LogP contribution in [0.2, 0.25) is 0 Å². The van der Waals surface area contributed by atoms with Crippen molar-refractivity contribution in [1.82, 2.24) is 15.4 Å². The van der Waals surface area contributed by atoms with Crippen LogP contribution in [0.5, 0.6) is 11.6 Å². The molecule has 9 nitrogen and oxygen atoms in total. The average molecular weight is 393 g/mol. The van der Waals surface area contributed by atoms with E-state index >= 15 is 0 Å². The number of ether oxygens (including phenoxy) is 1. The molecule has 1 amide bonds. The molecule has 0 aliphatic rings. The summed E-state index contributed by atoms with van der Waals surface area (Å²) in [6.45, 7) is 5.76. The second-order valence-corrected chi connectivity index (χ2v) is 6.43. The minimum atomic E-state index is -0.670. The lowest BCUT2D eigenvalue weighted by atomic mass is 10.1. The van der Waals surface area contributed by atoms with E-state index in [1.165, 1.54) is 0 Å². The summed E-state index contributed by atoms with van der Waals surface area (Å²) in [5, 5.41) is 11.6. The first-order valence-corrected chi connectivity index (χ1v) is 8.72. The zero-order chi connectivity index (χ0) is 21.0. The highest BCUT2D eigenvalue weighted by Crippen LogP contribution is 2.34. The molecule has 0 aliphatic carbocycles. The monoisotopic (exact) mass is 393 g/mol. The third kappa shape index (κ3) is 4.64. The van der Waals surface area contributed by atoms with Crippen LogP contribution in [0.25, 0.3) is 0 Å². The van der Waals surface area contributed by atoms with Gasteiger partial charge in [0.2, 0.25) is 5.82 Å². The minimum Gasteiger partial charge on any atom is -0.434 e. The molecule has 0 unspecified atom stereocenters. The van der Waals surface area contributed by atoms with Gasteiger partial charge in [0.1, 0.15) is 12.1 Å². The van der Waals surface area contributed by atoms with Crippen LogP contribution < -0.4 is 15.6 Å². The Hall–Kier alpha value is -4.01. The number of aromatic nitrogens is 2. The van der Waals surface area contributed by atoms with E-state index in [4.69, 9.17) is 4.74 Å². The van der Waals surface area contributed by atoms with Gasteiger partial charge in [0.15, 0.2) is 0 Å². The molecule has 3 rings (SSSR count). The van der Waals surface area contributed by atoms with Gasteiger partial charge in [-0.05, 0) is 56.2 Å². The number of rotatable bonds is 6. The van der Waals surface area contributed by atoms with Crippen LogP contribution in [-0.4, -0.2) is 20.8 Å². The molecule has 1 aromatic heterocycles. The zero-order valence-electron chi connectivity index (χ0n) is 16.1. The van der Waals surface area contributed by atoms with Crippen molar-refractivity contribution in [3.8, 4) is 11.6 Å². The number of benzene rings is 2. The number of aryl methyl sites for hydroxylation is 3. The predicted molar refractivity (Wildman–Crippen MR) is 107 cm³/mol. The Morgan fingerprint density at radius 3 is 2.41 bits per heavy atom. The van der Waals surface area contributed by atoms with E-state index < -0.39 is 16.5 Å². The summed E-state index contributed by atoms with van der Waals surface area (Å²) < 4.78 is 5.61. The molecule has 1 heterocycles. The van der Waals surface area contributed by atoms with Gasteiger partial charge in [-0.2, -0.15) is 4.98 Å². The van der Waals surface area contributed by atoms with E-state index in [0.717, 1.165) is 23.0 Å². The highest BCUT2D eigenvalue weighted by atomic mass is 16.6. The number of hydrogen-bond donors (Lipinski definition) is 2. The lowest BCUT2D eigenvalue weighted by Gasteiger charge is -2.11. The van der Waals surface area contributed by atoms with Crippen molar-refractivity contribution in [2.75, 3.05) is 5.43 Å². The number of nitrogens with zero attached hydrogens (tertiary/aromatic N) is 3. The van der Waals surface area contributed by atoms with Crippen LogP contribution in [0.4, 0.5) is 11.5 Å². The molecule has 3 aromatic rings. The Morgan fingerprint density at radius 2 is 1.76 bits per heavy atom. The van der Waals surface area contributed by atoms with E-state index in [1.807, 2.05) is 26.8 Å². The van der Waals surface area contributed by atoms with Gasteiger partial charge in [0, 0.05) is 5.56 Å². The maximum Gasteiger partial charge on any atom is 0.374 e. The topological polar surface area (TPSA) is 119 Å². The number of carbonyl (C=O) groups excluding carboxylic acids is 1. The fourth-order valence-corrected chi connectivity index (χ4v) is 2.48. The zero-order valence-corrected chi connectivity index (χ0v) is 16.1. The second-order valence-electron chi connectivity index (χ2n) is 6.43. The number of nitro groups is 1. The van der Waals surface area contributed by atoms with E-state index in [0.29, 0.717) is 11.3 Å². The number of carbonyl (C=O) groups is 1. The number of hydrazine groups is 1. The van der Waals surface area contributed by atoms with Gasteiger partial charge in [0.25, 0.3) is 5.91 Å². The molecule has 0 bridgehead atoms. The molecule has 0 saturated carbocycles. The van der Waals surface area contributed by atoms with Gasteiger partial charge in [-0.25, -0.2) is 4.98 Å². The van der Waals surface area contributed by atoms with Crippen LogP contribution in [0.15, 0.2) is 48.8 Å². The molecule has 29 heavy (non-hydrogen) atoms. The van der Waals surface area contributed by atoms with Gasteiger partial charge in [-0.3, -0.25) is 25.8 Å². The first kappa shape index (κ1) is 19.7. The maximum absolute atomic E-state index is 12.2. The molecule has 9 heteroatoms. The largest absolute Gasteiger partial charge is 0.434 e. The van der Waals surface area contributed by atoms with Gasteiger partial charge in [-0.15, -0.1) is 0 Å². The Bertz CT molecular complexity index is 1070. The summed E-state index contributed by atoms with van der Waals surface area (Å²) in [4.78, 5) is 30.9. The molecular weight excluding hydrogens is 374 g/mol. The third-order valence-electron chi connectivity index (χ3n) is 4.27. The molecule has 2 N–H and O–H groups in total. The van der Waals surface area contributed by atoms with Crippen molar-refractivity contribution in [2.45, 2.75) is 20.8 Å². The van der Waals surface area contributed by atoms with Crippen molar-refractivity contribution in [2.24, 2.45) is 0 Å². The summed E-state index contributed by atoms with van der Waals surface area (Å²) in [7, 11) is 0. The molecule has 0 saturated heterocycles. The van der Waals surface area contributed by atoms with Gasteiger partial charge < -0.3 is 4.74 Å². The van der Waals surface area contributed by atoms with Crippen molar-refractivity contribution < 1.29 is 14.5 Å². The van der Waals surface area contributed by atoms with Crippen LogP contribution >= 0.6 is 0 Å². The van der Waals surface area contributed by atoms with Crippen molar-refractivity contribution in [1.29, 1.82) is 0 Å². The predicted octanol–water partition coefficient (Wildman–Crippen LogP) is 3.86. The lowest BCUT2D eigenvalue weighted by molar-refractivity contribution is -0.385. The van der Waals surface area contributed by atoms with Crippen LogP contribution in [-0.2, 0) is 0 Å². The Morgan fingerprint density at radius 1 is 1.03 bits per heavy atom. The van der Waals surface area contributed by atoms with Crippen LogP contribution in [0, 0.1) is 30.9 Å². The highest BCUT2D eigenvalue weighted by Gasteiger charge is 2.25. The van der Waals surface area contributed by atoms with Gasteiger partial charge >= 0.3 is 11.6 Å². The number of anilines is 1. The Kier molecular flexibility index (Phi) is 5.68. The number of hydrogen-bond acceptors (Lipinski definition) is 7. The minimum absolute atomic E-state index is 0.190. The van der Waals surface area contributed by atoms with Gasteiger partial charge in [-0.1, -0.05) is 23.8 Å². The molecule has 0 aliphatic heterocycles. The van der Waals surface area contributed by atoms with E-state index in [9.17, 15) is 14.9 Å². The quantitative estimate of drug-likeness (QED) is 0.482. The number of amides is 1. The second kappa shape index (κ2) is 8.34. The SMILES string of the molecule is Cc1ccc(C(=O)NNc2ncnc(Oc3ccc(C)c(C)c3)c2[N+](=O)[O-])cc1. The van der Waals surface area contributed by atoms with E-state index in [1.54, 1.807) is 36.4 Å². The van der Waals surface area contributed by atoms with E-state index in [2.05, 4.69) is 20.8 Å². The molecule has 0 spiro atoms. The lowest BCUT2D eigenvalue weighted by Crippen LogP contribution is -2.30. The summed E-state index contributed by atoms with van der Waals surface area (Å²) in [5.74, 6) is -0.483. The van der Waals surface area contributed by atoms with Crippen LogP contribution in [0.1, 0.15) is 27.0 Å². The smallest absolute Gasteiger partial charge is 0.374 e. The molecular formula is C20H19N5O4. The fourth-order valence-electron chi connectivity index (χ4n) is 2.48. The summed E-state index contributed by atoms with van der Waals surface area (Å²) >= 11 is 0. The standard InChI is InChI=1S/C20H19N5O4/c1-12-4-7-15(8-5-12)19(26)24-23-18-17(25(27)28)20(22-11-21-18)29-16-9-6-13(2)14(3)10-16/h4-11H,1-3H3,(H,24,26)(H,21,22,23). The summed E-state index contributed by atoms with van der Waals surface area (Å²) in [6.07, 6.45) is 1.11. The third-order valence-corrected chi connectivity index (χ3v) is 4.27. The van der Waals surface area contributed by atoms with Crippen molar-refractivity contribution in [3.05, 3.63) is 81.2 Å². The average Bonchev–Trinajstić information content (AvgIpc) is 2.69. The first-order chi connectivity index (χ1) is 13.8. The summed E-state index contributed by atoms with van der Waals surface area (Å²) in [6, 6.07) is 12.2. The van der Waals surface area contributed by atoms with E-state index in [-0.39, 0.29) is 11.7 Å². The van der Waals surface area contributed by atoms with Crippen molar-refractivity contribution in [3.63, 3.8) is 0 Å². The van der Waals surface area contributed by atoms with Crippen molar-refractivity contribution >= 4 is 17.4 Å². The highest BCUT2D eigenvalue weighted by molar-refractivity contribution is 5.95. The molecule has 0 atom stereocenters. The summed E-state index contributed by atoms with van der Waals surface area (Å²) in [5.41, 5.74) is 7.83. The molecule has 2 aromatic carbocycles. The Labute approximate surface area is 166 Å². The molecule has 148 valence electrons.